The van der Waals surface area contributed by atoms with Crippen LogP contribution in [0.5, 0.6) is 0 Å². The van der Waals surface area contributed by atoms with Crippen LogP contribution in [-0.4, -0.2) is 54.8 Å². The molecule has 1 rings (SSSR count). The van der Waals surface area contributed by atoms with Crippen molar-refractivity contribution >= 4 is 0 Å². The van der Waals surface area contributed by atoms with Gasteiger partial charge < -0.3 is 15.3 Å². The molecule has 0 aliphatic heterocycles. The Balaban J connectivity index is 2.10. The lowest BCUT2D eigenvalue weighted by molar-refractivity contribution is 0.0985. The molecule has 0 spiro atoms. The Morgan fingerprint density at radius 1 is 1.39 bits per heavy atom. The quantitative estimate of drug-likeness (QED) is 0.591. The topological polar surface area (TPSA) is 35.5 Å². The van der Waals surface area contributed by atoms with E-state index < -0.39 is 6.43 Å². The monoisotopic (exact) mass is 264 g/mol. The van der Waals surface area contributed by atoms with Crippen LogP contribution in [0.2, 0.25) is 0 Å². The first-order chi connectivity index (χ1) is 8.45. The predicted octanol–water partition coefficient (Wildman–Crippen LogP) is 1.86. The maximum Gasteiger partial charge on any atom is 0.251 e. The molecule has 1 unspecified atom stereocenters. The molecule has 0 amide bonds. The lowest BCUT2D eigenvalue weighted by atomic mass is 9.95. The normalized spacial score (nSPS) is 19.5. The average Bonchev–Trinajstić information content (AvgIpc) is 3.07. The van der Waals surface area contributed by atoms with Gasteiger partial charge in [-0.2, -0.15) is 0 Å². The second kappa shape index (κ2) is 7.36. The van der Waals surface area contributed by atoms with Crippen molar-refractivity contribution in [2.24, 2.45) is 0 Å². The zero-order valence-electron chi connectivity index (χ0n) is 11.5. The number of hydrogen-bond acceptors (Lipinski definition) is 3. The fraction of sp³-hybridized carbons (Fsp3) is 1.00. The Morgan fingerprint density at radius 2 is 2.06 bits per heavy atom. The molecule has 3 nitrogen and oxygen atoms in total. The van der Waals surface area contributed by atoms with Crippen LogP contribution >= 0.6 is 0 Å². The van der Waals surface area contributed by atoms with Gasteiger partial charge in [0.2, 0.25) is 0 Å². The van der Waals surface area contributed by atoms with E-state index in [4.69, 9.17) is 0 Å². The van der Waals surface area contributed by atoms with Gasteiger partial charge in [-0.25, -0.2) is 8.78 Å². The second-order valence-electron chi connectivity index (χ2n) is 5.75. The summed E-state index contributed by atoms with van der Waals surface area (Å²) in [7, 11) is 1.72. The number of alkyl halides is 2. The highest BCUT2D eigenvalue weighted by Gasteiger charge is 2.31. The number of hydrogen-bond donors (Lipinski definition) is 2. The highest BCUT2D eigenvalue weighted by molar-refractivity contribution is 4.92. The number of rotatable bonds is 10. The van der Waals surface area contributed by atoms with Gasteiger partial charge in [0.1, 0.15) is 0 Å². The molecule has 0 heterocycles. The van der Waals surface area contributed by atoms with Crippen LogP contribution < -0.4 is 5.32 Å². The molecule has 1 saturated carbocycles. The van der Waals surface area contributed by atoms with Crippen LogP contribution in [-0.2, 0) is 0 Å². The van der Waals surface area contributed by atoms with Crippen LogP contribution in [0.4, 0.5) is 8.78 Å². The van der Waals surface area contributed by atoms with Gasteiger partial charge in [0, 0.05) is 11.6 Å². The molecule has 1 fully saturated rings. The van der Waals surface area contributed by atoms with Crippen LogP contribution in [0.3, 0.4) is 0 Å². The number of unbranched alkanes of at least 4 members (excludes halogenated alkanes) is 1. The first kappa shape index (κ1) is 15.8. The van der Waals surface area contributed by atoms with E-state index in [9.17, 15) is 13.9 Å². The summed E-state index contributed by atoms with van der Waals surface area (Å²) >= 11 is 0. The van der Waals surface area contributed by atoms with Crippen LogP contribution in [0.15, 0.2) is 0 Å². The number of halogens is 2. The maximum atomic E-state index is 12.1. The molecule has 0 radical (unpaired) electrons. The minimum atomic E-state index is -2.26. The molecule has 5 heteroatoms. The lowest BCUT2D eigenvalue weighted by Gasteiger charge is -2.29. The van der Waals surface area contributed by atoms with E-state index in [-0.39, 0.29) is 18.7 Å². The molecule has 0 aromatic rings. The van der Waals surface area contributed by atoms with Crippen LogP contribution in [0.25, 0.3) is 0 Å². The minimum absolute atomic E-state index is 0.135. The molecule has 1 atom stereocenters. The van der Waals surface area contributed by atoms with Crippen LogP contribution in [0, 0.1) is 0 Å². The maximum absolute atomic E-state index is 12.1. The zero-order valence-corrected chi connectivity index (χ0v) is 11.5. The summed E-state index contributed by atoms with van der Waals surface area (Å²) in [5.41, 5.74) is -0.206. The molecule has 108 valence electrons. The Morgan fingerprint density at radius 3 is 2.56 bits per heavy atom. The SMILES string of the molecule is CN(CCCCC(C)(CO)NC1CC1)CC(F)F. The molecule has 18 heavy (non-hydrogen) atoms. The smallest absolute Gasteiger partial charge is 0.251 e. The Bertz CT molecular complexity index is 237. The number of nitrogens with one attached hydrogen (secondary N) is 1. The van der Waals surface area contributed by atoms with Crippen molar-refractivity contribution in [3.63, 3.8) is 0 Å². The van der Waals surface area contributed by atoms with Crippen molar-refractivity contribution in [2.75, 3.05) is 26.7 Å². The molecule has 0 saturated heterocycles. The highest BCUT2D eigenvalue weighted by Crippen LogP contribution is 2.24. The fourth-order valence-electron chi connectivity index (χ4n) is 2.14. The first-order valence-electron chi connectivity index (χ1n) is 6.80. The number of aliphatic hydroxyl groups is 1. The van der Waals surface area contributed by atoms with Gasteiger partial charge in [-0.05, 0) is 46.2 Å². The molecule has 0 aromatic carbocycles. The first-order valence-corrected chi connectivity index (χ1v) is 6.80. The molecule has 0 bridgehead atoms. The minimum Gasteiger partial charge on any atom is -0.394 e. The largest absolute Gasteiger partial charge is 0.394 e. The van der Waals surface area contributed by atoms with Crippen molar-refractivity contribution in [3.8, 4) is 0 Å². The number of nitrogens with zero attached hydrogens (tertiary/aromatic N) is 1. The van der Waals surface area contributed by atoms with Crippen molar-refractivity contribution < 1.29 is 13.9 Å². The summed E-state index contributed by atoms with van der Waals surface area (Å²) < 4.78 is 24.2. The highest BCUT2D eigenvalue weighted by atomic mass is 19.3. The van der Waals surface area contributed by atoms with E-state index in [1.807, 2.05) is 6.92 Å². The summed E-state index contributed by atoms with van der Waals surface area (Å²) in [4.78, 5) is 1.66. The third-order valence-corrected chi connectivity index (χ3v) is 3.45. The van der Waals surface area contributed by atoms with E-state index in [1.54, 1.807) is 11.9 Å². The summed E-state index contributed by atoms with van der Waals surface area (Å²) in [6.45, 7) is 2.71. The van der Waals surface area contributed by atoms with Gasteiger partial charge in [-0.1, -0.05) is 6.42 Å². The number of aliphatic hydroxyl groups excluding tert-OH is 1. The van der Waals surface area contributed by atoms with Gasteiger partial charge in [-0.3, -0.25) is 0 Å². The van der Waals surface area contributed by atoms with E-state index >= 15 is 0 Å². The summed E-state index contributed by atoms with van der Waals surface area (Å²) in [5.74, 6) is 0. The molecular weight excluding hydrogens is 238 g/mol. The lowest BCUT2D eigenvalue weighted by Crippen LogP contribution is -2.47. The van der Waals surface area contributed by atoms with Crippen molar-refractivity contribution in [3.05, 3.63) is 0 Å². The zero-order chi connectivity index (χ0) is 13.6. The third-order valence-electron chi connectivity index (χ3n) is 3.45. The summed E-state index contributed by atoms with van der Waals surface area (Å²) in [5, 5.41) is 12.9. The van der Waals surface area contributed by atoms with E-state index in [1.165, 1.54) is 12.8 Å². The molecule has 1 aliphatic carbocycles. The Hall–Kier alpha value is -0.260. The standard InChI is InChI=1S/C13H26F2N2O/c1-13(10-18,16-11-5-6-11)7-3-4-8-17(2)9-12(14)15/h11-12,16,18H,3-10H2,1-2H3. The average molecular weight is 264 g/mol. The second-order valence-corrected chi connectivity index (χ2v) is 5.75. The van der Waals surface area contributed by atoms with E-state index in [0.29, 0.717) is 12.6 Å². The van der Waals surface area contributed by atoms with Crippen molar-refractivity contribution in [1.82, 2.24) is 10.2 Å². The predicted molar refractivity (Wildman–Crippen MR) is 69.0 cm³/mol. The molecule has 1 aliphatic rings. The summed E-state index contributed by atoms with van der Waals surface area (Å²) in [6, 6.07) is 0.573. The van der Waals surface area contributed by atoms with Gasteiger partial charge in [0.15, 0.2) is 0 Å². The fourth-order valence-corrected chi connectivity index (χ4v) is 2.14. The van der Waals surface area contributed by atoms with Gasteiger partial charge in [0.25, 0.3) is 6.43 Å². The molecular formula is C13H26F2N2O. The van der Waals surface area contributed by atoms with E-state index in [0.717, 1.165) is 19.3 Å². The van der Waals surface area contributed by atoms with Gasteiger partial charge in [-0.15, -0.1) is 0 Å². The summed E-state index contributed by atoms with van der Waals surface area (Å²) in [6.07, 6.45) is 2.88. The molecule has 0 aromatic heterocycles. The van der Waals surface area contributed by atoms with Gasteiger partial charge >= 0.3 is 0 Å². The Kier molecular flexibility index (Phi) is 6.46. The Labute approximate surface area is 109 Å². The van der Waals surface area contributed by atoms with Gasteiger partial charge in [0.05, 0.1) is 13.2 Å². The van der Waals surface area contributed by atoms with Crippen LogP contribution in [0.1, 0.15) is 39.0 Å². The van der Waals surface area contributed by atoms with E-state index in [2.05, 4.69) is 5.32 Å². The molecule has 2 N–H and O–H groups in total. The van der Waals surface area contributed by atoms with Crippen molar-refractivity contribution in [2.45, 2.75) is 57.0 Å². The third kappa shape index (κ3) is 6.61. The van der Waals surface area contributed by atoms with Crippen molar-refractivity contribution in [1.29, 1.82) is 0 Å².